The lowest BCUT2D eigenvalue weighted by Crippen LogP contribution is -2.47. The van der Waals surface area contributed by atoms with Gasteiger partial charge in [-0.25, -0.2) is 0 Å². The number of aromatic amines is 1. The molecule has 14 heteroatoms. The minimum absolute atomic E-state index is 0.151. The first-order chi connectivity index (χ1) is 14.5. The molecule has 1 saturated heterocycles. The number of halogens is 6. The third kappa shape index (κ3) is 4.05. The molecule has 4 heterocycles. The van der Waals surface area contributed by atoms with Crippen LogP contribution in [0.4, 0.5) is 32.2 Å². The number of hydrogen-bond acceptors (Lipinski definition) is 7. The fourth-order valence-corrected chi connectivity index (χ4v) is 4.21. The molecule has 0 amide bonds. The summed E-state index contributed by atoms with van der Waals surface area (Å²) in [4.78, 5) is 5.26. The molecular formula is C17H20F6N6O2. The van der Waals surface area contributed by atoms with E-state index in [-0.39, 0.29) is 23.0 Å². The lowest BCUT2D eigenvalue weighted by molar-refractivity contribution is -0.184. The van der Waals surface area contributed by atoms with Gasteiger partial charge in [0.1, 0.15) is 12.0 Å². The van der Waals surface area contributed by atoms with Gasteiger partial charge in [0, 0.05) is 42.7 Å². The van der Waals surface area contributed by atoms with Crippen molar-refractivity contribution in [1.82, 2.24) is 20.4 Å². The molecule has 172 valence electrons. The summed E-state index contributed by atoms with van der Waals surface area (Å²) in [5.41, 5.74) is 0.479. The van der Waals surface area contributed by atoms with Crippen molar-refractivity contribution in [2.45, 2.75) is 55.5 Å². The predicted molar refractivity (Wildman–Crippen MR) is 96.1 cm³/mol. The van der Waals surface area contributed by atoms with Gasteiger partial charge in [-0.1, -0.05) is 0 Å². The normalized spacial score (nSPS) is 29.8. The van der Waals surface area contributed by atoms with Gasteiger partial charge < -0.3 is 25.7 Å². The van der Waals surface area contributed by atoms with Crippen LogP contribution in [0.3, 0.4) is 0 Å². The lowest BCUT2D eigenvalue weighted by Gasteiger charge is -2.37. The van der Waals surface area contributed by atoms with E-state index in [1.165, 1.54) is 6.20 Å². The molecule has 1 aromatic rings. The van der Waals surface area contributed by atoms with E-state index >= 15 is 0 Å². The van der Waals surface area contributed by atoms with Crippen LogP contribution in [0.25, 0.3) is 0 Å². The van der Waals surface area contributed by atoms with Crippen LogP contribution in [0, 0.1) is 0 Å². The standard InChI is InChI=1S/C17H20F6N6O2/c18-16(19,20)10-9-11(27-28-13(9)26-14(31)12(10)30)7-1-3-29(4-2-7)8-5-24-15(25-6-8)17(21,22)23/h5-7,10,12,14-15,24,30-31H,1-4H2,(H2,26,27,28)/t10-,12?,14?,15?/m1/s1. The number of aromatic nitrogens is 2. The van der Waals surface area contributed by atoms with Gasteiger partial charge in [-0.2, -0.15) is 31.4 Å². The highest BCUT2D eigenvalue weighted by molar-refractivity contribution is 5.78. The third-order valence-corrected chi connectivity index (χ3v) is 5.77. The van der Waals surface area contributed by atoms with Gasteiger partial charge >= 0.3 is 12.4 Å². The quantitative estimate of drug-likeness (QED) is 0.436. The summed E-state index contributed by atoms with van der Waals surface area (Å²) in [5.74, 6) is -2.78. The number of nitrogens with one attached hydrogen (secondary N) is 3. The second-order valence-corrected chi connectivity index (χ2v) is 7.72. The average molecular weight is 454 g/mol. The molecule has 5 N–H and O–H groups in total. The van der Waals surface area contributed by atoms with Gasteiger partial charge in [-0.05, 0) is 12.8 Å². The Kier molecular flexibility index (Phi) is 5.32. The van der Waals surface area contributed by atoms with Gasteiger partial charge in [-0.3, -0.25) is 10.1 Å². The van der Waals surface area contributed by atoms with Crippen LogP contribution in [0.15, 0.2) is 16.9 Å². The molecule has 1 aromatic heterocycles. The molecule has 3 unspecified atom stereocenters. The SMILES string of the molecule is OC1Nc2n[nH]c(C3CCN(C4=CNC(C(F)(F)F)N=C4)CC3)c2[C@@H](C(F)(F)F)C1O. The molecule has 0 aliphatic carbocycles. The first kappa shape index (κ1) is 21.7. The van der Waals surface area contributed by atoms with Gasteiger partial charge in [0.05, 0.1) is 5.70 Å². The topological polar surface area (TPSA) is 109 Å². The van der Waals surface area contributed by atoms with E-state index in [0.717, 1.165) is 6.21 Å². The largest absolute Gasteiger partial charge is 0.429 e. The molecule has 0 bridgehead atoms. The van der Waals surface area contributed by atoms with Crippen molar-refractivity contribution >= 4 is 12.0 Å². The van der Waals surface area contributed by atoms with E-state index in [2.05, 4.69) is 25.8 Å². The molecule has 3 aliphatic heterocycles. The van der Waals surface area contributed by atoms with E-state index in [1.807, 2.05) is 0 Å². The molecular weight excluding hydrogens is 434 g/mol. The second kappa shape index (κ2) is 7.58. The highest BCUT2D eigenvalue weighted by Crippen LogP contribution is 2.47. The van der Waals surface area contributed by atoms with Crippen LogP contribution in [0.1, 0.15) is 35.9 Å². The Morgan fingerprint density at radius 1 is 1.03 bits per heavy atom. The zero-order valence-electron chi connectivity index (χ0n) is 15.9. The number of nitrogens with zero attached hydrogens (tertiary/aromatic N) is 3. The number of piperidine rings is 1. The average Bonchev–Trinajstić information content (AvgIpc) is 3.10. The zero-order valence-corrected chi connectivity index (χ0v) is 15.9. The number of aliphatic hydroxyl groups is 2. The Hall–Kier alpha value is -2.48. The number of fused-ring (bicyclic) bond motifs is 1. The summed E-state index contributed by atoms with van der Waals surface area (Å²) in [6.45, 7) is 0.758. The van der Waals surface area contributed by atoms with Crippen LogP contribution < -0.4 is 10.6 Å². The van der Waals surface area contributed by atoms with Crippen molar-refractivity contribution in [1.29, 1.82) is 0 Å². The van der Waals surface area contributed by atoms with E-state index < -0.39 is 36.8 Å². The fraction of sp³-hybridized carbons (Fsp3) is 0.647. The summed E-state index contributed by atoms with van der Waals surface area (Å²) in [6.07, 6.45) is -12.0. The maximum atomic E-state index is 13.6. The number of aliphatic imine (C=N–C) groups is 1. The Morgan fingerprint density at radius 3 is 2.26 bits per heavy atom. The molecule has 8 nitrogen and oxygen atoms in total. The zero-order chi connectivity index (χ0) is 22.6. The summed E-state index contributed by atoms with van der Waals surface area (Å²) in [5, 5.41) is 30.7. The first-order valence-electron chi connectivity index (χ1n) is 9.55. The van der Waals surface area contributed by atoms with E-state index in [0.29, 0.717) is 31.6 Å². The monoisotopic (exact) mass is 454 g/mol. The number of H-pyrrole nitrogens is 1. The Morgan fingerprint density at radius 2 is 1.71 bits per heavy atom. The van der Waals surface area contributed by atoms with Crippen LogP contribution >= 0.6 is 0 Å². The summed E-state index contributed by atoms with van der Waals surface area (Å²) in [7, 11) is 0. The van der Waals surface area contributed by atoms with Crippen molar-refractivity contribution in [2.75, 3.05) is 18.4 Å². The molecule has 1 fully saturated rings. The number of aliphatic hydroxyl groups excluding tert-OH is 2. The number of hydrogen-bond donors (Lipinski definition) is 5. The molecule has 4 atom stereocenters. The number of likely N-dealkylation sites (tertiary alicyclic amines) is 1. The minimum atomic E-state index is -4.79. The molecule has 0 radical (unpaired) electrons. The van der Waals surface area contributed by atoms with Gasteiger partial charge in [0.2, 0.25) is 6.17 Å². The Bertz CT molecular complexity index is 873. The molecule has 0 saturated carbocycles. The highest BCUT2D eigenvalue weighted by Gasteiger charge is 2.53. The number of alkyl halides is 6. The number of anilines is 1. The van der Waals surface area contributed by atoms with Gasteiger partial charge in [0.25, 0.3) is 0 Å². The molecule has 0 aromatic carbocycles. The molecule has 31 heavy (non-hydrogen) atoms. The van der Waals surface area contributed by atoms with Crippen molar-refractivity contribution in [3.63, 3.8) is 0 Å². The maximum Gasteiger partial charge on any atom is 0.429 e. The summed E-state index contributed by atoms with van der Waals surface area (Å²) in [6, 6.07) is 0. The minimum Gasteiger partial charge on any atom is -0.387 e. The predicted octanol–water partition coefficient (Wildman–Crippen LogP) is 1.74. The van der Waals surface area contributed by atoms with E-state index in [9.17, 15) is 36.6 Å². The van der Waals surface area contributed by atoms with Crippen molar-refractivity contribution in [2.24, 2.45) is 4.99 Å². The van der Waals surface area contributed by atoms with Gasteiger partial charge in [0.15, 0.2) is 12.0 Å². The molecule has 4 rings (SSSR count). The van der Waals surface area contributed by atoms with Crippen molar-refractivity contribution < 1.29 is 36.6 Å². The molecule has 3 aliphatic rings. The van der Waals surface area contributed by atoms with Gasteiger partial charge in [-0.15, -0.1) is 0 Å². The summed E-state index contributed by atoms with van der Waals surface area (Å²) >= 11 is 0. The van der Waals surface area contributed by atoms with Crippen LogP contribution in [0.2, 0.25) is 0 Å². The third-order valence-electron chi connectivity index (χ3n) is 5.77. The number of allylic oxidation sites excluding steroid dienone is 1. The Labute approximate surface area is 172 Å². The lowest BCUT2D eigenvalue weighted by atomic mass is 9.82. The smallest absolute Gasteiger partial charge is 0.387 e. The van der Waals surface area contributed by atoms with E-state index in [4.69, 9.17) is 0 Å². The number of rotatable bonds is 2. The van der Waals surface area contributed by atoms with Crippen LogP contribution in [-0.4, -0.2) is 75.5 Å². The maximum absolute atomic E-state index is 13.6. The molecule has 0 spiro atoms. The fourth-order valence-electron chi connectivity index (χ4n) is 4.21. The van der Waals surface area contributed by atoms with E-state index in [1.54, 1.807) is 4.90 Å². The van der Waals surface area contributed by atoms with Crippen molar-refractivity contribution in [3.8, 4) is 0 Å². The van der Waals surface area contributed by atoms with Crippen molar-refractivity contribution in [3.05, 3.63) is 23.2 Å². The second-order valence-electron chi connectivity index (χ2n) is 7.72. The highest BCUT2D eigenvalue weighted by atomic mass is 19.4. The van der Waals surface area contributed by atoms with Crippen LogP contribution in [-0.2, 0) is 0 Å². The Balaban J connectivity index is 1.48. The van der Waals surface area contributed by atoms with Crippen LogP contribution in [0.5, 0.6) is 0 Å². The first-order valence-corrected chi connectivity index (χ1v) is 9.55. The summed E-state index contributed by atoms with van der Waals surface area (Å²) < 4.78 is 78.9.